The Bertz CT molecular complexity index is 1200. The van der Waals surface area contributed by atoms with E-state index in [0.717, 1.165) is 26.9 Å². The molecule has 1 aliphatic heterocycles. The van der Waals surface area contributed by atoms with E-state index in [2.05, 4.69) is 15.6 Å². The average Bonchev–Trinajstić information content (AvgIpc) is 3.35. The molecule has 1 saturated heterocycles. The topological polar surface area (TPSA) is 94.3 Å². The van der Waals surface area contributed by atoms with Crippen molar-refractivity contribution >= 4 is 40.3 Å². The first-order chi connectivity index (χ1) is 15.9. The number of carbonyl (C=O) groups is 3. The number of para-hydroxylation sites is 1. The van der Waals surface area contributed by atoms with Crippen molar-refractivity contribution in [3.05, 3.63) is 70.9 Å². The molecule has 0 spiro atoms. The number of rotatable bonds is 8. The summed E-state index contributed by atoms with van der Waals surface area (Å²) in [4.78, 5) is 42.3. The smallest absolute Gasteiger partial charge is 0.325 e. The van der Waals surface area contributed by atoms with Gasteiger partial charge in [0.05, 0.1) is 0 Å². The van der Waals surface area contributed by atoms with E-state index < -0.39 is 17.5 Å². The summed E-state index contributed by atoms with van der Waals surface area (Å²) in [5, 5.41) is 7.30. The Hall–Kier alpha value is -3.32. The molecular formula is C25H27ClN4O3. The Morgan fingerprint density at radius 1 is 1.06 bits per heavy atom. The molecule has 1 aromatic heterocycles. The van der Waals surface area contributed by atoms with Gasteiger partial charge in [0.15, 0.2) is 0 Å². The number of fused-ring (bicyclic) bond motifs is 1. The summed E-state index contributed by atoms with van der Waals surface area (Å²) in [5.74, 6) is -0.974. The van der Waals surface area contributed by atoms with Crippen molar-refractivity contribution in [1.29, 1.82) is 0 Å². The lowest BCUT2D eigenvalue weighted by Crippen LogP contribution is -2.46. The first-order valence-electron chi connectivity index (χ1n) is 11.1. The molecule has 7 nitrogen and oxygen atoms in total. The normalized spacial score (nSPS) is 16.2. The molecule has 8 heteroatoms. The molecule has 3 aromatic rings. The molecule has 0 aliphatic carbocycles. The number of benzene rings is 2. The first kappa shape index (κ1) is 22.9. The number of H-pyrrole nitrogens is 1. The maximum atomic E-state index is 12.8. The Kier molecular flexibility index (Phi) is 6.42. The van der Waals surface area contributed by atoms with E-state index in [1.807, 2.05) is 68.6 Å². The zero-order chi connectivity index (χ0) is 23.6. The lowest BCUT2D eigenvalue weighted by atomic mass is 9.90. The average molecular weight is 467 g/mol. The van der Waals surface area contributed by atoms with Crippen LogP contribution in [-0.2, 0) is 9.59 Å². The van der Waals surface area contributed by atoms with Crippen molar-refractivity contribution < 1.29 is 14.4 Å². The van der Waals surface area contributed by atoms with Crippen molar-refractivity contribution in [2.75, 3.05) is 13.1 Å². The Labute approximate surface area is 197 Å². The van der Waals surface area contributed by atoms with Gasteiger partial charge in [0, 0.05) is 34.6 Å². The maximum Gasteiger partial charge on any atom is 0.325 e. The standard InChI is InChI=1S/C25H27ClN4O3/c1-3-25(4-2)23(32)30(24(33)29-25)15-22(31)28-14-18(16-9-5-7-11-20(16)26)19-13-27-21-12-8-6-10-17(19)21/h5-13,18,27H,3-4,14-15H2,1-2H3,(H,28,31)(H,29,33)/t18-/m0/s1. The molecule has 0 radical (unpaired) electrons. The van der Waals surface area contributed by atoms with E-state index in [1.54, 1.807) is 0 Å². The van der Waals surface area contributed by atoms with Crippen molar-refractivity contribution in [1.82, 2.24) is 20.5 Å². The van der Waals surface area contributed by atoms with Gasteiger partial charge < -0.3 is 15.6 Å². The monoisotopic (exact) mass is 466 g/mol. The minimum Gasteiger partial charge on any atom is -0.361 e. The molecule has 2 heterocycles. The van der Waals surface area contributed by atoms with E-state index in [9.17, 15) is 14.4 Å². The number of halogens is 1. The fourth-order valence-electron chi connectivity index (χ4n) is 4.49. The summed E-state index contributed by atoms with van der Waals surface area (Å²) in [6.07, 6.45) is 2.88. The fourth-order valence-corrected chi connectivity index (χ4v) is 4.76. The van der Waals surface area contributed by atoms with Crippen LogP contribution in [0.3, 0.4) is 0 Å². The van der Waals surface area contributed by atoms with Crippen LogP contribution in [0.5, 0.6) is 0 Å². The zero-order valence-corrected chi connectivity index (χ0v) is 19.4. The molecule has 3 N–H and O–H groups in total. The zero-order valence-electron chi connectivity index (χ0n) is 18.7. The Morgan fingerprint density at radius 2 is 1.76 bits per heavy atom. The van der Waals surface area contributed by atoms with Gasteiger partial charge in [-0.05, 0) is 36.1 Å². The van der Waals surface area contributed by atoms with Crippen LogP contribution in [0, 0.1) is 0 Å². The maximum absolute atomic E-state index is 12.8. The van der Waals surface area contributed by atoms with Crippen molar-refractivity contribution in [3.8, 4) is 0 Å². The van der Waals surface area contributed by atoms with Crippen LogP contribution < -0.4 is 10.6 Å². The lowest BCUT2D eigenvalue weighted by Gasteiger charge is -2.23. The fraction of sp³-hybridized carbons (Fsp3) is 0.320. The van der Waals surface area contributed by atoms with E-state index in [4.69, 9.17) is 11.6 Å². The predicted octanol–water partition coefficient (Wildman–Crippen LogP) is 4.18. The third kappa shape index (κ3) is 4.20. The number of nitrogens with one attached hydrogen (secondary N) is 3. The Balaban J connectivity index is 1.55. The molecule has 4 amide bonds. The minimum atomic E-state index is -0.929. The molecule has 1 atom stereocenters. The molecule has 4 rings (SSSR count). The van der Waals surface area contributed by atoms with Gasteiger partial charge in [0.1, 0.15) is 12.1 Å². The van der Waals surface area contributed by atoms with E-state index in [1.165, 1.54) is 0 Å². The molecule has 2 aromatic carbocycles. The number of carbonyl (C=O) groups excluding carboxylic acids is 3. The molecule has 1 fully saturated rings. The molecule has 1 aliphatic rings. The number of urea groups is 1. The van der Waals surface area contributed by atoms with Gasteiger partial charge in [0.25, 0.3) is 5.91 Å². The van der Waals surface area contributed by atoms with E-state index in [-0.39, 0.29) is 24.9 Å². The number of hydrogen-bond acceptors (Lipinski definition) is 3. The molecule has 0 unspecified atom stereocenters. The number of hydrogen-bond donors (Lipinski definition) is 3. The van der Waals surface area contributed by atoms with Crippen LogP contribution in [-0.4, -0.2) is 46.4 Å². The van der Waals surface area contributed by atoms with Gasteiger partial charge in [-0.2, -0.15) is 0 Å². The number of amides is 4. The summed E-state index contributed by atoms with van der Waals surface area (Å²) >= 11 is 6.51. The molecule has 0 bridgehead atoms. The highest BCUT2D eigenvalue weighted by Crippen LogP contribution is 2.34. The van der Waals surface area contributed by atoms with Gasteiger partial charge in [0.2, 0.25) is 5.91 Å². The summed E-state index contributed by atoms with van der Waals surface area (Å²) in [7, 11) is 0. The quantitative estimate of drug-likeness (QED) is 0.435. The van der Waals surface area contributed by atoms with Crippen LogP contribution in [0.4, 0.5) is 4.79 Å². The second-order valence-electron chi connectivity index (χ2n) is 8.28. The van der Waals surface area contributed by atoms with E-state index >= 15 is 0 Å². The highest BCUT2D eigenvalue weighted by molar-refractivity contribution is 6.31. The second kappa shape index (κ2) is 9.27. The van der Waals surface area contributed by atoms with Gasteiger partial charge in [-0.3, -0.25) is 14.5 Å². The lowest BCUT2D eigenvalue weighted by molar-refractivity contribution is -0.135. The van der Waals surface area contributed by atoms with Gasteiger partial charge >= 0.3 is 6.03 Å². The SMILES string of the molecule is CCC1(CC)NC(=O)N(CC(=O)NC[C@@H](c2ccccc2Cl)c2c[nH]c3ccccc23)C1=O. The highest BCUT2D eigenvalue weighted by Gasteiger charge is 2.49. The van der Waals surface area contributed by atoms with Crippen LogP contribution in [0.25, 0.3) is 10.9 Å². The van der Waals surface area contributed by atoms with Gasteiger partial charge in [-0.25, -0.2) is 4.79 Å². The molecule has 172 valence electrons. The van der Waals surface area contributed by atoms with Crippen LogP contribution in [0.15, 0.2) is 54.7 Å². The predicted molar refractivity (Wildman–Crippen MR) is 128 cm³/mol. The molecular weight excluding hydrogens is 440 g/mol. The first-order valence-corrected chi connectivity index (χ1v) is 11.5. The van der Waals surface area contributed by atoms with Crippen molar-refractivity contribution in [3.63, 3.8) is 0 Å². The number of aromatic amines is 1. The molecule has 0 saturated carbocycles. The summed E-state index contributed by atoms with van der Waals surface area (Å²) in [6, 6.07) is 14.9. The number of aromatic nitrogens is 1. The van der Waals surface area contributed by atoms with Crippen molar-refractivity contribution in [2.45, 2.75) is 38.1 Å². The van der Waals surface area contributed by atoms with E-state index in [0.29, 0.717) is 17.9 Å². The Morgan fingerprint density at radius 3 is 2.45 bits per heavy atom. The molecule has 33 heavy (non-hydrogen) atoms. The number of imide groups is 1. The van der Waals surface area contributed by atoms with Crippen LogP contribution >= 0.6 is 11.6 Å². The third-order valence-corrected chi connectivity index (χ3v) is 6.88. The second-order valence-corrected chi connectivity index (χ2v) is 8.69. The summed E-state index contributed by atoms with van der Waals surface area (Å²) in [5.41, 5.74) is 1.95. The van der Waals surface area contributed by atoms with Gasteiger partial charge in [-0.1, -0.05) is 61.8 Å². The summed E-state index contributed by atoms with van der Waals surface area (Å²) in [6.45, 7) is 3.64. The van der Waals surface area contributed by atoms with Gasteiger partial charge in [-0.15, -0.1) is 0 Å². The summed E-state index contributed by atoms with van der Waals surface area (Å²) < 4.78 is 0. The minimum absolute atomic E-state index is 0.215. The third-order valence-electron chi connectivity index (χ3n) is 6.54. The van der Waals surface area contributed by atoms with Crippen LogP contribution in [0.2, 0.25) is 5.02 Å². The number of nitrogens with zero attached hydrogens (tertiary/aromatic N) is 1. The van der Waals surface area contributed by atoms with Crippen molar-refractivity contribution in [2.24, 2.45) is 0 Å². The largest absolute Gasteiger partial charge is 0.361 e. The highest BCUT2D eigenvalue weighted by atomic mass is 35.5. The van der Waals surface area contributed by atoms with Crippen LogP contribution in [0.1, 0.15) is 43.7 Å².